The van der Waals surface area contributed by atoms with E-state index in [0.29, 0.717) is 18.0 Å². The predicted octanol–water partition coefficient (Wildman–Crippen LogP) is 2.94. The summed E-state index contributed by atoms with van der Waals surface area (Å²) in [5.74, 6) is 0.670. The van der Waals surface area contributed by atoms with Crippen molar-refractivity contribution in [3.05, 3.63) is 0 Å². The summed E-state index contributed by atoms with van der Waals surface area (Å²) in [5, 5.41) is 8.93. The number of aliphatic hydroxyl groups is 1. The maximum atomic E-state index is 12.3. The molecule has 1 amide bonds. The van der Waals surface area contributed by atoms with Crippen molar-refractivity contribution in [1.29, 1.82) is 0 Å². The molecule has 2 saturated heterocycles. The number of carbonyl (C=O) groups is 1. The Labute approximate surface area is 116 Å². The van der Waals surface area contributed by atoms with Crippen molar-refractivity contribution < 1.29 is 14.6 Å². The van der Waals surface area contributed by atoms with Crippen LogP contribution in [0.15, 0.2) is 0 Å². The zero-order valence-electron chi connectivity index (χ0n) is 12.4. The number of amides is 1. The van der Waals surface area contributed by atoms with Crippen LogP contribution in [0.1, 0.15) is 59.3 Å². The van der Waals surface area contributed by atoms with E-state index in [2.05, 4.69) is 0 Å². The molecule has 110 valence electrons. The average Bonchev–Trinajstić information content (AvgIpc) is 2.56. The molecule has 0 saturated carbocycles. The first kappa shape index (κ1) is 14.6. The number of ether oxygens (including phenoxy) is 1. The van der Waals surface area contributed by atoms with Crippen LogP contribution in [0.2, 0.25) is 0 Å². The number of hydrogen-bond acceptors (Lipinski definition) is 3. The Morgan fingerprint density at radius 1 is 1.26 bits per heavy atom. The molecule has 2 rings (SSSR count). The molecule has 2 unspecified atom stereocenters. The minimum Gasteiger partial charge on any atom is -0.444 e. The van der Waals surface area contributed by atoms with Gasteiger partial charge in [-0.2, -0.15) is 0 Å². The van der Waals surface area contributed by atoms with E-state index < -0.39 is 5.60 Å². The Morgan fingerprint density at radius 2 is 1.84 bits per heavy atom. The highest BCUT2D eigenvalue weighted by atomic mass is 16.6. The van der Waals surface area contributed by atoms with E-state index in [4.69, 9.17) is 9.84 Å². The standard InChI is InChI=1S/C15H27NO3/c1-15(2,3)19-14(18)16-12-6-7-13(16)10-11(9-12)5-4-8-17/h11-13,17H,4-10H2,1-3H3. The van der Waals surface area contributed by atoms with Gasteiger partial charge in [-0.05, 0) is 65.2 Å². The predicted molar refractivity (Wildman–Crippen MR) is 73.9 cm³/mol. The van der Waals surface area contributed by atoms with Crippen molar-refractivity contribution in [2.75, 3.05) is 6.61 Å². The highest BCUT2D eigenvalue weighted by Crippen LogP contribution is 2.40. The quantitative estimate of drug-likeness (QED) is 0.857. The van der Waals surface area contributed by atoms with Gasteiger partial charge in [0.2, 0.25) is 0 Å². The maximum absolute atomic E-state index is 12.3. The molecule has 0 radical (unpaired) electrons. The Hall–Kier alpha value is -0.770. The van der Waals surface area contributed by atoms with E-state index >= 15 is 0 Å². The second-order valence-corrected chi connectivity index (χ2v) is 6.98. The van der Waals surface area contributed by atoms with Crippen molar-refractivity contribution in [3.63, 3.8) is 0 Å². The van der Waals surface area contributed by atoms with Gasteiger partial charge >= 0.3 is 6.09 Å². The summed E-state index contributed by atoms with van der Waals surface area (Å²) < 4.78 is 5.52. The van der Waals surface area contributed by atoms with Gasteiger partial charge in [0.25, 0.3) is 0 Å². The zero-order chi connectivity index (χ0) is 14.0. The molecule has 2 atom stereocenters. The van der Waals surface area contributed by atoms with Crippen molar-refractivity contribution in [2.45, 2.75) is 77.0 Å². The van der Waals surface area contributed by atoms with Gasteiger partial charge in [-0.3, -0.25) is 0 Å². The van der Waals surface area contributed by atoms with Crippen LogP contribution in [0.5, 0.6) is 0 Å². The van der Waals surface area contributed by atoms with E-state index in [9.17, 15) is 4.79 Å². The lowest BCUT2D eigenvalue weighted by Crippen LogP contribution is -2.48. The highest BCUT2D eigenvalue weighted by molar-refractivity contribution is 5.69. The molecule has 4 nitrogen and oxygen atoms in total. The number of rotatable bonds is 3. The summed E-state index contributed by atoms with van der Waals surface area (Å²) in [6.45, 7) is 6.03. The first-order valence-electron chi connectivity index (χ1n) is 7.53. The molecule has 2 aliphatic rings. The second-order valence-electron chi connectivity index (χ2n) is 6.98. The van der Waals surface area contributed by atoms with E-state index in [-0.39, 0.29) is 12.7 Å². The fourth-order valence-corrected chi connectivity index (χ4v) is 3.52. The van der Waals surface area contributed by atoms with Crippen LogP contribution in [0, 0.1) is 5.92 Å². The number of hydrogen-bond donors (Lipinski definition) is 1. The summed E-state index contributed by atoms with van der Waals surface area (Å²) >= 11 is 0. The lowest BCUT2D eigenvalue weighted by molar-refractivity contribution is 0.00127. The van der Waals surface area contributed by atoms with Crippen LogP contribution in [0.4, 0.5) is 4.79 Å². The molecule has 0 aromatic rings. The molecule has 1 N–H and O–H groups in total. The first-order valence-corrected chi connectivity index (χ1v) is 7.53. The molecule has 2 fully saturated rings. The molecule has 0 aromatic carbocycles. The van der Waals surface area contributed by atoms with Crippen molar-refractivity contribution in [2.24, 2.45) is 5.92 Å². The van der Waals surface area contributed by atoms with Crippen molar-refractivity contribution in [3.8, 4) is 0 Å². The molecule has 0 spiro atoms. The summed E-state index contributed by atoms with van der Waals surface area (Å²) in [6, 6.07) is 0.717. The normalized spacial score (nSPS) is 30.5. The zero-order valence-corrected chi connectivity index (χ0v) is 12.4. The minimum absolute atomic E-state index is 0.138. The summed E-state index contributed by atoms with van der Waals surface area (Å²) in [7, 11) is 0. The largest absolute Gasteiger partial charge is 0.444 e. The summed E-state index contributed by atoms with van der Waals surface area (Å²) in [5.41, 5.74) is -0.412. The minimum atomic E-state index is -0.412. The Bertz CT molecular complexity index is 310. The van der Waals surface area contributed by atoms with Crippen molar-refractivity contribution in [1.82, 2.24) is 4.90 Å². The average molecular weight is 269 g/mol. The lowest BCUT2D eigenvalue weighted by atomic mass is 9.87. The fraction of sp³-hybridized carbons (Fsp3) is 0.933. The lowest BCUT2D eigenvalue weighted by Gasteiger charge is -2.39. The monoisotopic (exact) mass is 269 g/mol. The summed E-state index contributed by atoms with van der Waals surface area (Å²) in [4.78, 5) is 14.2. The van der Waals surface area contributed by atoms with E-state index in [1.807, 2.05) is 25.7 Å². The van der Waals surface area contributed by atoms with Gasteiger partial charge in [0.05, 0.1) is 0 Å². The fourth-order valence-electron chi connectivity index (χ4n) is 3.52. The number of fused-ring (bicyclic) bond motifs is 2. The summed E-state index contributed by atoms with van der Waals surface area (Å²) in [6.07, 6.45) is 6.22. The third kappa shape index (κ3) is 3.62. The van der Waals surface area contributed by atoms with E-state index in [1.165, 1.54) is 0 Å². The van der Waals surface area contributed by atoms with Gasteiger partial charge in [-0.1, -0.05) is 0 Å². The second kappa shape index (κ2) is 5.70. The molecule has 0 aromatic heterocycles. The van der Waals surface area contributed by atoms with Gasteiger partial charge in [0.1, 0.15) is 5.60 Å². The maximum Gasteiger partial charge on any atom is 0.410 e. The molecule has 19 heavy (non-hydrogen) atoms. The van der Waals surface area contributed by atoms with Crippen LogP contribution < -0.4 is 0 Å². The van der Waals surface area contributed by atoms with Crippen molar-refractivity contribution >= 4 is 6.09 Å². The smallest absolute Gasteiger partial charge is 0.410 e. The third-order valence-electron chi connectivity index (χ3n) is 4.21. The van der Waals surface area contributed by atoms with Crippen LogP contribution in [-0.4, -0.2) is 40.4 Å². The van der Waals surface area contributed by atoms with Gasteiger partial charge in [0.15, 0.2) is 0 Å². The number of piperidine rings is 1. The van der Waals surface area contributed by atoms with Crippen LogP contribution >= 0.6 is 0 Å². The Balaban J connectivity index is 1.93. The Morgan fingerprint density at radius 3 is 2.32 bits per heavy atom. The molecule has 0 aliphatic carbocycles. The SMILES string of the molecule is CC(C)(C)OC(=O)N1C2CCC1CC(CCCO)C2. The van der Waals surface area contributed by atoms with Crippen LogP contribution in [-0.2, 0) is 4.74 Å². The van der Waals surface area contributed by atoms with Gasteiger partial charge in [0, 0.05) is 18.7 Å². The van der Waals surface area contributed by atoms with Gasteiger partial charge in [-0.25, -0.2) is 4.79 Å². The van der Waals surface area contributed by atoms with E-state index in [1.54, 1.807) is 0 Å². The third-order valence-corrected chi connectivity index (χ3v) is 4.21. The molecule has 2 heterocycles. The highest BCUT2D eigenvalue weighted by Gasteiger charge is 2.44. The Kier molecular flexibility index (Phi) is 4.39. The van der Waals surface area contributed by atoms with Gasteiger partial charge in [-0.15, -0.1) is 0 Å². The van der Waals surface area contributed by atoms with E-state index in [0.717, 1.165) is 38.5 Å². The van der Waals surface area contributed by atoms with Gasteiger partial charge < -0.3 is 14.7 Å². The number of aliphatic hydroxyl groups excluding tert-OH is 1. The first-order chi connectivity index (χ1) is 8.90. The topological polar surface area (TPSA) is 49.8 Å². The van der Waals surface area contributed by atoms with Crippen LogP contribution in [0.3, 0.4) is 0 Å². The molecule has 2 bridgehead atoms. The molecule has 2 aliphatic heterocycles. The number of nitrogens with zero attached hydrogens (tertiary/aromatic N) is 1. The number of carbonyl (C=O) groups excluding carboxylic acids is 1. The van der Waals surface area contributed by atoms with Crippen LogP contribution in [0.25, 0.3) is 0 Å². The molecular formula is C15H27NO3. The molecule has 4 heteroatoms. The molecular weight excluding hydrogens is 242 g/mol.